The third kappa shape index (κ3) is 2.78. The van der Waals surface area contributed by atoms with E-state index in [0.717, 1.165) is 23.4 Å². The molecule has 0 atom stereocenters. The van der Waals surface area contributed by atoms with Crippen molar-refractivity contribution in [2.24, 2.45) is 7.05 Å². The SMILES string of the molecule is CCCOc1ccc(-c2ccc(N)c(=O)n2C)cc1. The van der Waals surface area contributed by atoms with Crippen LogP contribution in [0.15, 0.2) is 41.2 Å². The fraction of sp³-hybridized carbons (Fsp3) is 0.267. The van der Waals surface area contributed by atoms with Crippen LogP contribution in [0.3, 0.4) is 0 Å². The molecule has 0 radical (unpaired) electrons. The number of hydrogen-bond donors (Lipinski definition) is 1. The van der Waals surface area contributed by atoms with Gasteiger partial charge in [-0.15, -0.1) is 0 Å². The van der Waals surface area contributed by atoms with Gasteiger partial charge in [-0.2, -0.15) is 0 Å². The molecule has 1 heterocycles. The van der Waals surface area contributed by atoms with E-state index in [1.807, 2.05) is 30.3 Å². The van der Waals surface area contributed by atoms with Crippen molar-refractivity contribution in [2.45, 2.75) is 13.3 Å². The number of hydrogen-bond acceptors (Lipinski definition) is 3. The van der Waals surface area contributed by atoms with E-state index >= 15 is 0 Å². The lowest BCUT2D eigenvalue weighted by Crippen LogP contribution is -2.21. The maximum atomic E-state index is 11.8. The number of nitrogens with zero attached hydrogens (tertiary/aromatic N) is 1. The second-order valence-corrected chi connectivity index (χ2v) is 4.41. The molecule has 0 aliphatic carbocycles. The summed E-state index contributed by atoms with van der Waals surface area (Å²) < 4.78 is 7.08. The van der Waals surface area contributed by atoms with Crippen LogP contribution in [0.4, 0.5) is 5.69 Å². The van der Waals surface area contributed by atoms with Gasteiger partial charge in [0.15, 0.2) is 0 Å². The Bertz CT molecular complexity index is 615. The number of nitrogen functional groups attached to an aromatic ring is 1. The van der Waals surface area contributed by atoms with Crippen LogP contribution in [0.5, 0.6) is 5.75 Å². The molecule has 19 heavy (non-hydrogen) atoms. The number of ether oxygens (including phenoxy) is 1. The monoisotopic (exact) mass is 258 g/mol. The fourth-order valence-electron chi connectivity index (χ4n) is 1.89. The molecule has 0 saturated heterocycles. The van der Waals surface area contributed by atoms with Crippen molar-refractivity contribution in [3.63, 3.8) is 0 Å². The summed E-state index contributed by atoms with van der Waals surface area (Å²) in [4.78, 5) is 11.8. The van der Waals surface area contributed by atoms with Crippen LogP contribution in [0.1, 0.15) is 13.3 Å². The molecule has 2 rings (SSSR count). The molecule has 0 amide bonds. The summed E-state index contributed by atoms with van der Waals surface area (Å²) in [6.45, 7) is 2.78. The molecule has 0 spiro atoms. The van der Waals surface area contributed by atoms with Crippen LogP contribution in [0.2, 0.25) is 0 Å². The summed E-state index contributed by atoms with van der Waals surface area (Å²) in [6.07, 6.45) is 0.980. The first-order valence-corrected chi connectivity index (χ1v) is 6.32. The lowest BCUT2D eigenvalue weighted by Gasteiger charge is -2.10. The average Bonchev–Trinajstić information content (AvgIpc) is 2.44. The van der Waals surface area contributed by atoms with Gasteiger partial charge in [-0.05, 0) is 48.4 Å². The van der Waals surface area contributed by atoms with Gasteiger partial charge in [0.2, 0.25) is 0 Å². The van der Waals surface area contributed by atoms with Gasteiger partial charge in [0.1, 0.15) is 5.75 Å². The highest BCUT2D eigenvalue weighted by molar-refractivity contribution is 5.62. The standard InChI is InChI=1S/C15H18N2O2/c1-3-10-19-12-6-4-11(5-7-12)14-9-8-13(16)15(18)17(14)2/h4-9H,3,10,16H2,1-2H3. The van der Waals surface area contributed by atoms with E-state index in [4.69, 9.17) is 10.5 Å². The maximum absolute atomic E-state index is 11.8. The summed E-state index contributed by atoms with van der Waals surface area (Å²) in [7, 11) is 1.72. The minimum Gasteiger partial charge on any atom is -0.494 e. The van der Waals surface area contributed by atoms with Crippen LogP contribution in [-0.2, 0) is 7.05 Å². The lowest BCUT2D eigenvalue weighted by molar-refractivity contribution is 0.317. The zero-order valence-corrected chi connectivity index (χ0v) is 11.2. The van der Waals surface area contributed by atoms with Crippen LogP contribution in [0, 0.1) is 0 Å². The topological polar surface area (TPSA) is 57.2 Å². The minimum absolute atomic E-state index is 0.177. The van der Waals surface area contributed by atoms with Gasteiger partial charge in [0.05, 0.1) is 18.0 Å². The molecule has 4 heteroatoms. The first-order valence-electron chi connectivity index (χ1n) is 6.32. The average molecular weight is 258 g/mol. The summed E-state index contributed by atoms with van der Waals surface area (Å²) in [5.74, 6) is 0.839. The Kier molecular flexibility index (Phi) is 3.90. The highest BCUT2D eigenvalue weighted by Crippen LogP contribution is 2.21. The number of anilines is 1. The van der Waals surface area contributed by atoms with E-state index in [-0.39, 0.29) is 11.2 Å². The molecule has 0 aliphatic rings. The van der Waals surface area contributed by atoms with Crippen molar-refractivity contribution in [3.05, 3.63) is 46.8 Å². The molecule has 0 saturated carbocycles. The molecular weight excluding hydrogens is 240 g/mol. The lowest BCUT2D eigenvalue weighted by atomic mass is 10.1. The first-order chi connectivity index (χ1) is 9.13. The highest BCUT2D eigenvalue weighted by Gasteiger charge is 2.05. The molecule has 2 N–H and O–H groups in total. The zero-order chi connectivity index (χ0) is 13.8. The molecule has 1 aromatic carbocycles. The molecule has 0 unspecified atom stereocenters. The van der Waals surface area contributed by atoms with Crippen molar-refractivity contribution in [2.75, 3.05) is 12.3 Å². The van der Waals surface area contributed by atoms with E-state index in [1.165, 1.54) is 0 Å². The number of benzene rings is 1. The third-order valence-electron chi connectivity index (χ3n) is 2.96. The Morgan fingerprint density at radius 2 is 1.84 bits per heavy atom. The van der Waals surface area contributed by atoms with Gasteiger partial charge in [0, 0.05) is 7.05 Å². The fourth-order valence-corrected chi connectivity index (χ4v) is 1.89. The molecular formula is C15H18N2O2. The van der Waals surface area contributed by atoms with E-state index < -0.39 is 0 Å². The number of pyridine rings is 1. The highest BCUT2D eigenvalue weighted by atomic mass is 16.5. The largest absolute Gasteiger partial charge is 0.494 e. The Balaban J connectivity index is 2.32. The molecule has 0 aliphatic heterocycles. The van der Waals surface area contributed by atoms with Crippen molar-refractivity contribution < 1.29 is 4.74 Å². The Morgan fingerprint density at radius 1 is 1.16 bits per heavy atom. The second kappa shape index (κ2) is 5.61. The van der Waals surface area contributed by atoms with E-state index in [2.05, 4.69) is 6.92 Å². The Morgan fingerprint density at radius 3 is 2.47 bits per heavy atom. The van der Waals surface area contributed by atoms with Gasteiger partial charge in [0.25, 0.3) is 5.56 Å². The van der Waals surface area contributed by atoms with Crippen LogP contribution in [-0.4, -0.2) is 11.2 Å². The summed E-state index contributed by atoms with van der Waals surface area (Å²) in [6, 6.07) is 11.2. The van der Waals surface area contributed by atoms with Gasteiger partial charge in [-0.25, -0.2) is 0 Å². The van der Waals surface area contributed by atoms with E-state index in [9.17, 15) is 4.79 Å². The van der Waals surface area contributed by atoms with Gasteiger partial charge < -0.3 is 15.0 Å². The van der Waals surface area contributed by atoms with Crippen LogP contribution >= 0.6 is 0 Å². The molecule has 0 bridgehead atoms. The normalized spacial score (nSPS) is 10.4. The van der Waals surface area contributed by atoms with Gasteiger partial charge in [-0.1, -0.05) is 6.92 Å². The smallest absolute Gasteiger partial charge is 0.273 e. The van der Waals surface area contributed by atoms with Crippen molar-refractivity contribution >= 4 is 5.69 Å². The Hall–Kier alpha value is -2.23. The summed E-state index contributed by atoms with van der Waals surface area (Å²) in [5.41, 5.74) is 7.47. The summed E-state index contributed by atoms with van der Waals surface area (Å²) >= 11 is 0. The maximum Gasteiger partial charge on any atom is 0.273 e. The zero-order valence-electron chi connectivity index (χ0n) is 11.2. The van der Waals surface area contributed by atoms with Crippen molar-refractivity contribution in [3.8, 4) is 17.0 Å². The van der Waals surface area contributed by atoms with E-state index in [1.54, 1.807) is 17.7 Å². The predicted octanol–water partition coefficient (Wildman–Crippen LogP) is 2.42. The van der Waals surface area contributed by atoms with Crippen LogP contribution < -0.4 is 16.0 Å². The molecule has 4 nitrogen and oxygen atoms in total. The van der Waals surface area contributed by atoms with Crippen molar-refractivity contribution in [1.82, 2.24) is 4.57 Å². The number of nitrogens with two attached hydrogens (primary N) is 1. The second-order valence-electron chi connectivity index (χ2n) is 4.41. The summed E-state index contributed by atoms with van der Waals surface area (Å²) in [5, 5.41) is 0. The minimum atomic E-state index is -0.177. The Labute approximate surface area is 112 Å². The van der Waals surface area contributed by atoms with Crippen LogP contribution in [0.25, 0.3) is 11.3 Å². The molecule has 100 valence electrons. The van der Waals surface area contributed by atoms with Gasteiger partial charge >= 0.3 is 0 Å². The molecule has 2 aromatic rings. The number of rotatable bonds is 4. The first kappa shape index (κ1) is 13.2. The molecule has 1 aromatic heterocycles. The third-order valence-corrected chi connectivity index (χ3v) is 2.96. The van der Waals surface area contributed by atoms with Crippen molar-refractivity contribution in [1.29, 1.82) is 0 Å². The van der Waals surface area contributed by atoms with Gasteiger partial charge in [-0.3, -0.25) is 4.79 Å². The quantitative estimate of drug-likeness (QED) is 0.916. The molecule has 0 fully saturated rings. The van der Waals surface area contributed by atoms with E-state index in [0.29, 0.717) is 6.61 Å². The predicted molar refractivity (Wildman–Crippen MR) is 77.3 cm³/mol. The number of aromatic nitrogens is 1.